The van der Waals surface area contributed by atoms with Crippen LogP contribution in [0.4, 0.5) is 8.78 Å². The summed E-state index contributed by atoms with van der Waals surface area (Å²) >= 11 is 0. The average Bonchev–Trinajstić information content (AvgIpc) is 2.38. The first-order valence-corrected chi connectivity index (χ1v) is 6.33. The first-order valence-electron chi connectivity index (χ1n) is 6.33. The molecule has 0 aliphatic heterocycles. The molecule has 0 saturated heterocycles. The van der Waals surface area contributed by atoms with E-state index in [9.17, 15) is 13.9 Å². The summed E-state index contributed by atoms with van der Waals surface area (Å²) in [7, 11) is 0. The van der Waals surface area contributed by atoms with E-state index in [4.69, 9.17) is 0 Å². The highest BCUT2D eigenvalue weighted by Gasteiger charge is 2.16. The molecule has 0 aliphatic carbocycles. The molecule has 4 heteroatoms. The van der Waals surface area contributed by atoms with Gasteiger partial charge in [-0.05, 0) is 18.6 Å². The number of aliphatic hydroxyl groups is 1. The lowest BCUT2D eigenvalue weighted by Crippen LogP contribution is -2.08. The number of alkyl halides is 2. The molecular formula is C16H16F2O2. The topological polar surface area (TPSA) is 29.5 Å². The van der Waals surface area contributed by atoms with Crippen LogP contribution in [0.15, 0.2) is 48.5 Å². The van der Waals surface area contributed by atoms with E-state index in [1.807, 2.05) is 31.2 Å². The molecule has 20 heavy (non-hydrogen) atoms. The fraction of sp³-hybridized carbons (Fsp3) is 0.250. The van der Waals surface area contributed by atoms with Crippen LogP contribution in [0, 0.1) is 6.92 Å². The third kappa shape index (κ3) is 3.78. The van der Waals surface area contributed by atoms with Crippen LogP contribution in [0.25, 0.3) is 0 Å². The Morgan fingerprint density at radius 1 is 1.10 bits per heavy atom. The Morgan fingerprint density at radius 2 is 1.85 bits per heavy atom. The van der Waals surface area contributed by atoms with Crippen LogP contribution in [0.5, 0.6) is 5.75 Å². The molecule has 0 saturated carbocycles. The molecule has 1 atom stereocenters. The molecule has 0 radical (unpaired) electrons. The van der Waals surface area contributed by atoms with Crippen molar-refractivity contribution in [2.75, 3.05) is 0 Å². The maximum Gasteiger partial charge on any atom is 0.387 e. The summed E-state index contributed by atoms with van der Waals surface area (Å²) in [6.45, 7) is -0.939. The highest BCUT2D eigenvalue weighted by molar-refractivity contribution is 5.36. The van der Waals surface area contributed by atoms with Crippen molar-refractivity contribution in [2.24, 2.45) is 0 Å². The fourth-order valence-electron chi connectivity index (χ4n) is 2.13. The molecule has 1 N–H and O–H groups in total. The van der Waals surface area contributed by atoms with E-state index in [1.165, 1.54) is 6.07 Å². The van der Waals surface area contributed by atoms with Gasteiger partial charge in [0, 0.05) is 12.0 Å². The number of para-hydroxylation sites is 1. The molecule has 0 aromatic heterocycles. The van der Waals surface area contributed by atoms with Gasteiger partial charge in [-0.3, -0.25) is 0 Å². The molecule has 106 valence electrons. The van der Waals surface area contributed by atoms with Crippen LogP contribution >= 0.6 is 0 Å². The normalized spacial score (nSPS) is 12.4. The molecule has 2 nitrogen and oxygen atoms in total. The minimum atomic E-state index is -2.90. The van der Waals surface area contributed by atoms with Gasteiger partial charge < -0.3 is 9.84 Å². The van der Waals surface area contributed by atoms with Crippen LogP contribution in [0.1, 0.15) is 22.8 Å². The fourth-order valence-corrected chi connectivity index (χ4v) is 2.13. The lowest BCUT2D eigenvalue weighted by atomic mass is 9.99. The Labute approximate surface area is 116 Å². The van der Waals surface area contributed by atoms with Crippen molar-refractivity contribution in [1.82, 2.24) is 0 Å². The van der Waals surface area contributed by atoms with Crippen molar-refractivity contribution in [3.05, 3.63) is 65.2 Å². The highest BCUT2D eigenvalue weighted by atomic mass is 19.3. The molecule has 0 aliphatic rings. The van der Waals surface area contributed by atoms with Gasteiger partial charge in [-0.1, -0.05) is 48.0 Å². The molecule has 1 unspecified atom stereocenters. The first-order chi connectivity index (χ1) is 9.56. The van der Waals surface area contributed by atoms with E-state index in [0.717, 1.165) is 11.1 Å². The summed E-state index contributed by atoms with van der Waals surface area (Å²) in [5, 5.41) is 10.2. The summed E-state index contributed by atoms with van der Waals surface area (Å²) in [4.78, 5) is 0. The molecule has 2 aromatic carbocycles. The molecule has 0 fully saturated rings. The summed E-state index contributed by atoms with van der Waals surface area (Å²) in [6.07, 6.45) is -0.530. The Kier molecular flexibility index (Phi) is 4.69. The molecule has 0 bridgehead atoms. The third-order valence-corrected chi connectivity index (χ3v) is 3.01. The summed E-state index contributed by atoms with van der Waals surface area (Å²) in [5.41, 5.74) is 2.41. The lowest BCUT2D eigenvalue weighted by Gasteiger charge is -2.16. The van der Waals surface area contributed by atoms with Crippen molar-refractivity contribution in [2.45, 2.75) is 26.1 Å². The van der Waals surface area contributed by atoms with Crippen LogP contribution in [0.2, 0.25) is 0 Å². The number of hydrogen-bond acceptors (Lipinski definition) is 2. The number of halogens is 2. The van der Waals surface area contributed by atoms with Crippen molar-refractivity contribution >= 4 is 0 Å². The van der Waals surface area contributed by atoms with Crippen LogP contribution in [-0.4, -0.2) is 11.7 Å². The highest BCUT2D eigenvalue weighted by Crippen LogP contribution is 2.28. The zero-order chi connectivity index (χ0) is 14.5. The van der Waals surface area contributed by atoms with Gasteiger partial charge in [0.25, 0.3) is 0 Å². The van der Waals surface area contributed by atoms with Gasteiger partial charge in [-0.25, -0.2) is 0 Å². The summed E-state index contributed by atoms with van der Waals surface area (Å²) < 4.78 is 29.1. The number of hydrogen-bond donors (Lipinski definition) is 1. The molecule has 0 heterocycles. The Hall–Kier alpha value is -1.94. The predicted molar refractivity (Wildman–Crippen MR) is 72.9 cm³/mol. The van der Waals surface area contributed by atoms with Gasteiger partial charge in [0.15, 0.2) is 0 Å². The Morgan fingerprint density at radius 3 is 2.55 bits per heavy atom. The van der Waals surface area contributed by atoms with Gasteiger partial charge in [0.05, 0.1) is 6.10 Å². The minimum Gasteiger partial charge on any atom is -0.434 e. The molecule has 2 rings (SSSR count). The van der Waals surface area contributed by atoms with E-state index < -0.39 is 12.7 Å². The molecule has 0 spiro atoms. The van der Waals surface area contributed by atoms with Crippen molar-refractivity contribution in [3.8, 4) is 5.75 Å². The van der Waals surface area contributed by atoms with Gasteiger partial charge >= 0.3 is 6.61 Å². The van der Waals surface area contributed by atoms with Crippen LogP contribution in [0.3, 0.4) is 0 Å². The van der Waals surface area contributed by atoms with Crippen molar-refractivity contribution in [3.63, 3.8) is 0 Å². The van der Waals surface area contributed by atoms with Crippen LogP contribution < -0.4 is 4.74 Å². The smallest absolute Gasteiger partial charge is 0.387 e. The van der Waals surface area contributed by atoms with Gasteiger partial charge in [-0.15, -0.1) is 0 Å². The standard InChI is InChI=1S/C16H16F2O2/c1-11-5-4-6-12(9-11)10-14(19)13-7-2-3-8-15(13)20-16(17)18/h2-9,14,16,19H,10H2,1H3. The first kappa shape index (κ1) is 14.5. The van der Waals surface area contributed by atoms with E-state index in [1.54, 1.807) is 18.2 Å². The molecule has 2 aromatic rings. The van der Waals surface area contributed by atoms with E-state index in [2.05, 4.69) is 4.74 Å². The Bertz CT molecular complexity index is 570. The average molecular weight is 278 g/mol. The van der Waals surface area contributed by atoms with Gasteiger partial charge in [0.1, 0.15) is 5.75 Å². The Balaban J connectivity index is 2.18. The zero-order valence-electron chi connectivity index (χ0n) is 11.1. The van der Waals surface area contributed by atoms with Crippen LogP contribution in [-0.2, 0) is 6.42 Å². The second-order valence-corrected chi connectivity index (χ2v) is 4.63. The monoisotopic (exact) mass is 278 g/mol. The van der Waals surface area contributed by atoms with E-state index in [-0.39, 0.29) is 5.75 Å². The van der Waals surface area contributed by atoms with Gasteiger partial charge in [-0.2, -0.15) is 8.78 Å². The van der Waals surface area contributed by atoms with Gasteiger partial charge in [0.2, 0.25) is 0 Å². The number of benzene rings is 2. The number of aryl methyl sites for hydroxylation is 1. The molecule has 0 amide bonds. The second kappa shape index (κ2) is 6.48. The zero-order valence-corrected chi connectivity index (χ0v) is 11.1. The minimum absolute atomic E-state index is 0.0163. The number of aliphatic hydroxyl groups excluding tert-OH is 1. The summed E-state index contributed by atoms with van der Waals surface area (Å²) in [6, 6.07) is 14.0. The SMILES string of the molecule is Cc1cccc(CC(O)c2ccccc2OC(F)F)c1. The van der Waals surface area contributed by atoms with E-state index >= 15 is 0 Å². The largest absolute Gasteiger partial charge is 0.434 e. The maximum absolute atomic E-state index is 12.3. The molecular weight excluding hydrogens is 262 g/mol. The second-order valence-electron chi connectivity index (χ2n) is 4.63. The predicted octanol–water partition coefficient (Wildman–Crippen LogP) is 3.87. The maximum atomic E-state index is 12.3. The third-order valence-electron chi connectivity index (χ3n) is 3.01. The van der Waals surface area contributed by atoms with Crippen molar-refractivity contribution in [1.29, 1.82) is 0 Å². The van der Waals surface area contributed by atoms with E-state index in [0.29, 0.717) is 12.0 Å². The van der Waals surface area contributed by atoms with Crippen molar-refractivity contribution < 1.29 is 18.6 Å². The summed E-state index contributed by atoms with van der Waals surface area (Å²) in [5.74, 6) is 0.0163. The lowest BCUT2D eigenvalue weighted by molar-refractivity contribution is -0.0515. The number of ether oxygens (including phenoxy) is 1. The quantitative estimate of drug-likeness (QED) is 0.899. The number of rotatable bonds is 5.